The Balaban J connectivity index is 1.71. The van der Waals surface area contributed by atoms with Gasteiger partial charge < -0.3 is 10.4 Å². The molecule has 1 saturated heterocycles. The smallest absolute Gasteiger partial charge is 0.307 e. The van der Waals surface area contributed by atoms with Crippen molar-refractivity contribution in [1.82, 2.24) is 10.2 Å². The number of likely N-dealkylation sites (tertiary alicyclic amines) is 1. The summed E-state index contributed by atoms with van der Waals surface area (Å²) >= 11 is 0. The quantitative estimate of drug-likeness (QED) is 0.757. The van der Waals surface area contributed by atoms with Crippen LogP contribution in [0, 0.1) is 11.8 Å². The monoisotopic (exact) mass is 240 g/mol. The number of carbonyl (C=O) groups is 2. The summed E-state index contributed by atoms with van der Waals surface area (Å²) in [7, 11) is 0. The van der Waals surface area contributed by atoms with Crippen molar-refractivity contribution in [2.75, 3.05) is 19.8 Å². The Bertz CT molecular complexity index is 302. The Morgan fingerprint density at radius 3 is 2.47 bits per heavy atom. The SMILES string of the molecule is O=C(O)C1CCCN(CNC(=O)C2CCC2)C1. The fraction of sp³-hybridized carbons (Fsp3) is 0.833. The molecule has 2 N–H and O–H groups in total. The van der Waals surface area contributed by atoms with Crippen LogP contribution in [0.25, 0.3) is 0 Å². The summed E-state index contributed by atoms with van der Waals surface area (Å²) in [5.41, 5.74) is 0. The van der Waals surface area contributed by atoms with E-state index in [-0.39, 0.29) is 17.7 Å². The zero-order valence-electron chi connectivity index (χ0n) is 10.0. The molecule has 0 radical (unpaired) electrons. The first-order chi connectivity index (χ1) is 8.16. The van der Waals surface area contributed by atoms with Crippen LogP contribution in [-0.4, -0.2) is 41.6 Å². The Morgan fingerprint density at radius 2 is 1.88 bits per heavy atom. The lowest BCUT2D eigenvalue weighted by Crippen LogP contribution is -2.46. The fourth-order valence-electron chi connectivity index (χ4n) is 2.41. The number of carbonyl (C=O) groups excluding carboxylic acids is 1. The zero-order valence-corrected chi connectivity index (χ0v) is 10.0. The van der Waals surface area contributed by atoms with Crippen molar-refractivity contribution in [3.8, 4) is 0 Å². The van der Waals surface area contributed by atoms with Crippen LogP contribution in [-0.2, 0) is 9.59 Å². The summed E-state index contributed by atoms with van der Waals surface area (Å²) in [6.07, 6.45) is 4.81. The number of aliphatic carboxylic acids is 1. The Labute approximate surface area is 101 Å². The van der Waals surface area contributed by atoms with Gasteiger partial charge in [-0.15, -0.1) is 0 Å². The summed E-state index contributed by atoms with van der Waals surface area (Å²) < 4.78 is 0. The lowest BCUT2D eigenvalue weighted by Gasteiger charge is -2.32. The van der Waals surface area contributed by atoms with Crippen LogP contribution in [0.3, 0.4) is 0 Å². The van der Waals surface area contributed by atoms with Crippen molar-refractivity contribution in [3.05, 3.63) is 0 Å². The highest BCUT2D eigenvalue weighted by molar-refractivity contribution is 5.79. The fourth-order valence-corrected chi connectivity index (χ4v) is 2.41. The third kappa shape index (κ3) is 3.19. The summed E-state index contributed by atoms with van der Waals surface area (Å²) in [5, 5.41) is 11.9. The molecule has 1 saturated carbocycles. The molecule has 0 spiro atoms. The van der Waals surface area contributed by atoms with E-state index >= 15 is 0 Å². The molecule has 1 unspecified atom stereocenters. The first-order valence-corrected chi connectivity index (χ1v) is 6.39. The van der Waals surface area contributed by atoms with Crippen molar-refractivity contribution in [3.63, 3.8) is 0 Å². The Kier molecular flexibility index (Phi) is 3.99. The van der Waals surface area contributed by atoms with E-state index in [1.54, 1.807) is 0 Å². The van der Waals surface area contributed by atoms with Crippen LogP contribution < -0.4 is 5.32 Å². The number of nitrogens with zero attached hydrogens (tertiary/aromatic N) is 1. The van der Waals surface area contributed by atoms with Crippen LogP contribution in [0.5, 0.6) is 0 Å². The molecule has 0 bridgehead atoms. The second-order valence-electron chi connectivity index (χ2n) is 5.08. The lowest BCUT2D eigenvalue weighted by molar-refractivity contribution is -0.143. The molecule has 5 nitrogen and oxygen atoms in total. The molecule has 1 heterocycles. The molecule has 96 valence electrons. The van der Waals surface area contributed by atoms with Crippen LogP contribution in [0.15, 0.2) is 0 Å². The number of hydrogen-bond acceptors (Lipinski definition) is 3. The van der Waals surface area contributed by atoms with Gasteiger partial charge >= 0.3 is 5.97 Å². The highest BCUT2D eigenvalue weighted by atomic mass is 16.4. The maximum atomic E-state index is 11.6. The maximum absolute atomic E-state index is 11.6. The average molecular weight is 240 g/mol. The van der Waals surface area contributed by atoms with Crippen LogP contribution in [0.2, 0.25) is 0 Å². The van der Waals surface area contributed by atoms with Crippen molar-refractivity contribution in [2.24, 2.45) is 11.8 Å². The largest absolute Gasteiger partial charge is 0.481 e. The van der Waals surface area contributed by atoms with Gasteiger partial charge in [0, 0.05) is 12.5 Å². The molecule has 2 fully saturated rings. The van der Waals surface area contributed by atoms with E-state index in [1.165, 1.54) is 0 Å². The van der Waals surface area contributed by atoms with Crippen LogP contribution in [0.1, 0.15) is 32.1 Å². The predicted molar refractivity (Wildman–Crippen MR) is 62.3 cm³/mol. The zero-order chi connectivity index (χ0) is 12.3. The molecular weight excluding hydrogens is 220 g/mol. The maximum Gasteiger partial charge on any atom is 0.307 e. The molecule has 17 heavy (non-hydrogen) atoms. The van der Waals surface area contributed by atoms with Crippen molar-refractivity contribution in [1.29, 1.82) is 0 Å². The minimum Gasteiger partial charge on any atom is -0.481 e. The summed E-state index contributed by atoms with van der Waals surface area (Å²) in [4.78, 5) is 24.5. The number of carboxylic acids is 1. The minimum atomic E-state index is -0.722. The number of piperidine rings is 1. The second-order valence-corrected chi connectivity index (χ2v) is 5.08. The van der Waals surface area contributed by atoms with Gasteiger partial charge in [-0.2, -0.15) is 0 Å². The summed E-state index contributed by atoms with van der Waals surface area (Å²) in [6, 6.07) is 0. The number of carboxylic acid groups (broad SMARTS) is 1. The number of amides is 1. The highest BCUT2D eigenvalue weighted by Gasteiger charge is 2.27. The topological polar surface area (TPSA) is 69.6 Å². The van der Waals surface area contributed by atoms with Crippen molar-refractivity contribution >= 4 is 11.9 Å². The van der Waals surface area contributed by atoms with E-state index in [4.69, 9.17) is 5.11 Å². The van der Waals surface area contributed by atoms with E-state index in [1.807, 2.05) is 4.90 Å². The highest BCUT2D eigenvalue weighted by Crippen LogP contribution is 2.26. The van der Waals surface area contributed by atoms with E-state index < -0.39 is 5.97 Å². The van der Waals surface area contributed by atoms with Gasteiger partial charge in [-0.25, -0.2) is 0 Å². The van der Waals surface area contributed by atoms with Gasteiger partial charge in [-0.1, -0.05) is 6.42 Å². The standard InChI is InChI=1S/C12H20N2O3/c15-11(9-3-1-4-9)13-8-14-6-2-5-10(7-14)12(16)17/h9-10H,1-8H2,(H,13,15)(H,16,17). The molecule has 1 aliphatic carbocycles. The summed E-state index contributed by atoms with van der Waals surface area (Å²) in [6.45, 7) is 1.94. The first kappa shape index (κ1) is 12.4. The molecule has 2 rings (SSSR count). The molecule has 0 aromatic carbocycles. The molecule has 5 heteroatoms. The average Bonchev–Trinajstić information content (AvgIpc) is 2.24. The predicted octanol–water partition coefficient (Wildman–Crippen LogP) is 0.657. The minimum absolute atomic E-state index is 0.133. The first-order valence-electron chi connectivity index (χ1n) is 6.39. The third-order valence-electron chi connectivity index (χ3n) is 3.81. The number of rotatable bonds is 4. The van der Waals surface area contributed by atoms with E-state index in [0.29, 0.717) is 13.2 Å². The van der Waals surface area contributed by atoms with Crippen molar-refractivity contribution < 1.29 is 14.7 Å². The molecular formula is C12H20N2O3. The molecule has 0 aromatic heterocycles. The molecule has 1 amide bonds. The molecule has 0 aromatic rings. The lowest BCUT2D eigenvalue weighted by atomic mass is 9.85. The Hall–Kier alpha value is -1.10. The van der Waals surface area contributed by atoms with Gasteiger partial charge in [0.15, 0.2) is 0 Å². The Morgan fingerprint density at radius 1 is 1.18 bits per heavy atom. The third-order valence-corrected chi connectivity index (χ3v) is 3.81. The van der Waals surface area contributed by atoms with E-state index in [9.17, 15) is 9.59 Å². The summed E-state index contributed by atoms with van der Waals surface area (Å²) in [5.74, 6) is -0.659. The van der Waals surface area contributed by atoms with Gasteiger partial charge in [0.25, 0.3) is 0 Å². The number of nitrogens with one attached hydrogen (secondary N) is 1. The van der Waals surface area contributed by atoms with Gasteiger partial charge in [0.1, 0.15) is 0 Å². The van der Waals surface area contributed by atoms with E-state index in [0.717, 1.165) is 38.6 Å². The van der Waals surface area contributed by atoms with Gasteiger partial charge in [0.2, 0.25) is 5.91 Å². The second kappa shape index (κ2) is 5.49. The molecule has 1 aliphatic heterocycles. The normalized spacial score (nSPS) is 26.2. The van der Waals surface area contributed by atoms with Crippen LogP contribution in [0.4, 0.5) is 0 Å². The van der Waals surface area contributed by atoms with Crippen molar-refractivity contribution in [2.45, 2.75) is 32.1 Å². The van der Waals surface area contributed by atoms with Gasteiger partial charge in [0.05, 0.1) is 12.6 Å². The molecule has 2 aliphatic rings. The van der Waals surface area contributed by atoms with Crippen LogP contribution >= 0.6 is 0 Å². The van der Waals surface area contributed by atoms with Gasteiger partial charge in [-0.05, 0) is 32.2 Å². The molecule has 1 atom stereocenters. The van der Waals surface area contributed by atoms with E-state index in [2.05, 4.69) is 5.32 Å². The van der Waals surface area contributed by atoms with Gasteiger partial charge in [-0.3, -0.25) is 14.5 Å². The number of hydrogen-bond donors (Lipinski definition) is 2.